The van der Waals surface area contributed by atoms with E-state index in [0.717, 1.165) is 13.0 Å². The Labute approximate surface area is 290 Å². The number of aromatic nitrogens is 2. The van der Waals surface area contributed by atoms with Crippen molar-refractivity contribution in [3.8, 4) is 0 Å². The van der Waals surface area contributed by atoms with E-state index in [9.17, 15) is 27.3 Å². The van der Waals surface area contributed by atoms with Crippen molar-refractivity contribution < 1.29 is 41.5 Å². The molecule has 2 amide bonds. The SMILES string of the molecule is COC[C@H](c1ccc2c(c1)nc([C@@H](N[S@+]([O-])C(C)(C)C)[C@@H](C)O[C@@H](C)C(F)(F)F)n2COCC[Si](C)(C)C)N1C(=O)c2ccccc2C1=O. The number of carbonyl (C=O) groups excluding carboxylic acids is 2. The molecule has 15 heteroatoms. The van der Waals surface area contributed by atoms with E-state index >= 15 is 0 Å². The molecule has 5 atom stereocenters. The second-order valence-electron chi connectivity index (χ2n) is 14.5. The van der Waals surface area contributed by atoms with Crippen molar-refractivity contribution in [2.45, 2.75) is 102 Å². The van der Waals surface area contributed by atoms with Gasteiger partial charge in [-0.3, -0.25) is 14.5 Å². The number of fused-ring (bicyclic) bond motifs is 2. The highest BCUT2D eigenvalue weighted by Crippen LogP contribution is 2.35. The number of hydrogen-bond donors (Lipinski definition) is 1. The van der Waals surface area contributed by atoms with Crippen molar-refractivity contribution in [3.05, 3.63) is 65.0 Å². The molecular formula is C34H47F3N4O6SSi. The smallest absolute Gasteiger partial charge is 0.414 e. The number of nitrogens with zero attached hydrogens (tertiary/aromatic N) is 3. The highest BCUT2D eigenvalue weighted by molar-refractivity contribution is 7.90. The summed E-state index contributed by atoms with van der Waals surface area (Å²) < 4.78 is 75.3. The lowest BCUT2D eigenvalue weighted by molar-refractivity contribution is -0.227. The maximum Gasteiger partial charge on any atom is 0.414 e. The van der Waals surface area contributed by atoms with Crippen LogP contribution in [-0.2, 0) is 32.3 Å². The minimum Gasteiger partial charge on any atom is -0.598 e. The number of nitrogens with one attached hydrogen (secondary N) is 1. The van der Waals surface area contributed by atoms with E-state index in [-0.39, 0.29) is 19.2 Å². The Kier molecular flexibility index (Phi) is 12.1. The van der Waals surface area contributed by atoms with Gasteiger partial charge in [-0.1, -0.05) is 37.8 Å². The Balaban J connectivity index is 1.82. The molecule has 0 aliphatic carbocycles. The minimum absolute atomic E-state index is 0.0132. The number of amides is 2. The lowest BCUT2D eigenvalue weighted by Crippen LogP contribution is -2.47. The van der Waals surface area contributed by atoms with Gasteiger partial charge in [0.1, 0.15) is 23.3 Å². The molecular weight excluding hydrogens is 678 g/mol. The van der Waals surface area contributed by atoms with Gasteiger partial charge in [0.05, 0.1) is 40.9 Å². The van der Waals surface area contributed by atoms with Crippen LogP contribution in [0.4, 0.5) is 13.2 Å². The number of alkyl halides is 3. The van der Waals surface area contributed by atoms with E-state index in [0.29, 0.717) is 34.3 Å². The average Bonchev–Trinajstić information content (AvgIpc) is 3.48. The van der Waals surface area contributed by atoms with Gasteiger partial charge in [-0.25, -0.2) is 4.98 Å². The van der Waals surface area contributed by atoms with E-state index in [1.54, 1.807) is 67.8 Å². The van der Waals surface area contributed by atoms with Gasteiger partial charge in [-0.2, -0.15) is 13.2 Å². The molecule has 3 aromatic rings. The normalized spacial score (nSPS) is 17.4. The summed E-state index contributed by atoms with van der Waals surface area (Å²) in [6.45, 7) is 14.8. The van der Waals surface area contributed by atoms with Crippen LogP contribution < -0.4 is 4.72 Å². The number of halogens is 3. The molecule has 0 fully saturated rings. The largest absolute Gasteiger partial charge is 0.598 e. The second-order valence-corrected chi connectivity index (χ2v) is 22.1. The van der Waals surface area contributed by atoms with Crippen LogP contribution in [0.25, 0.3) is 11.0 Å². The van der Waals surface area contributed by atoms with Crippen molar-refractivity contribution in [1.29, 1.82) is 0 Å². The quantitative estimate of drug-likeness (QED) is 0.0789. The monoisotopic (exact) mass is 724 g/mol. The summed E-state index contributed by atoms with van der Waals surface area (Å²) in [7, 11) is 0.0336. The standard InChI is InChI=1S/C34H47F3N4O6SSi/c1-21(47-22(2)34(35,36)37)29(39-48(44)33(3,4)5)30-38-26-18-23(14-15-27(26)40(30)20-46-16-17-49(7,8)9)28(19-45-6)41-31(42)24-12-10-11-13-25(24)32(41)43/h10-15,18,21-22,28-29,39H,16-17,19-20H2,1-9H3/t21-,22+,28-,29+,48-/m1/s1. The van der Waals surface area contributed by atoms with Crippen LogP contribution in [0.1, 0.15) is 78.8 Å². The Bertz CT molecular complexity index is 1610. The van der Waals surface area contributed by atoms with Crippen molar-refractivity contribution in [3.63, 3.8) is 0 Å². The molecule has 0 unspecified atom stereocenters. The van der Waals surface area contributed by atoms with Crippen LogP contribution in [0.2, 0.25) is 25.7 Å². The summed E-state index contributed by atoms with van der Waals surface area (Å²) in [5, 5.41) is 0. The predicted molar refractivity (Wildman–Crippen MR) is 185 cm³/mol. The van der Waals surface area contributed by atoms with Gasteiger partial charge >= 0.3 is 6.18 Å². The number of ether oxygens (including phenoxy) is 3. The lowest BCUT2D eigenvalue weighted by Gasteiger charge is -2.32. The molecule has 0 bridgehead atoms. The van der Waals surface area contributed by atoms with Gasteiger partial charge in [-0.15, -0.1) is 4.72 Å². The van der Waals surface area contributed by atoms with Crippen LogP contribution in [-0.4, -0.2) is 82.3 Å². The second kappa shape index (κ2) is 15.2. The highest BCUT2D eigenvalue weighted by atomic mass is 32.2. The first-order chi connectivity index (χ1) is 22.7. The number of rotatable bonds is 15. The molecule has 1 aliphatic rings. The summed E-state index contributed by atoms with van der Waals surface area (Å²) in [4.78, 5) is 32.9. The molecule has 1 aliphatic heterocycles. The summed E-state index contributed by atoms with van der Waals surface area (Å²) in [5.74, 6) is -0.615. The number of benzene rings is 2. The Morgan fingerprint density at radius 1 is 1.02 bits per heavy atom. The first kappa shape index (κ1) is 39.0. The maximum atomic E-state index is 13.6. The number of imide groups is 1. The molecule has 0 saturated carbocycles. The summed E-state index contributed by atoms with van der Waals surface area (Å²) in [6.07, 6.45) is -7.83. The Morgan fingerprint density at radius 2 is 1.63 bits per heavy atom. The number of imidazole rings is 1. The first-order valence-electron chi connectivity index (χ1n) is 16.2. The summed E-state index contributed by atoms with van der Waals surface area (Å²) in [5.41, 5.74) is 2.20. The van der Waals surface area contributed by atoms with Crippen LogP contribution in [0.3, 0.4) is 0 Å². The van der Waals surface area contributed by atoms with Gasteiger partial charge in [0, 0.05) is 33.2 Å². The topological polar surface area (TPSA) is 118 Å². The van der Waals surface area contributed by atoms with Crippen LogP contribution in [0.5, 0.6) is 0 Å². The zero-order valence-electron chi connectivity index (χ0n) is 29.5. The molecule has 2 heterocycles. The van der Waals surface area contributed by atoms with E-state index in [2.05, 4.69) is 24.4 Å². The van der Waals surface area contributed by atoms with Crippen molar-refractivity contribution in [1.82, 2.24) is 19.2 Å². The zero-order chi connectivity index (χ0) is 36.5. The Hall–Kier alpha value is -2.79. The lowest BCUT2D eigenvalue weighted by atomic mass is 10.0. The summed E-state index contributed by atoms with van der Waals surface area (Å²) >= 11 is -1.72. The number of hydrogen-bond acceptors (Lipinski definition) is 8. The van der Waals surface area contributed by atoms with Gasteiger partial charge in [0.15, 0.2) is 6.10 Å². The third kappa shape index (κ3) is 9.12. The van der Waals surface area contributed by atoms with Crippen molar-refractivity contribution in [2.75, 3.05) is 20.3 Å². The molecule has 0 radical (unpaired) electrons. The third-order valence-electron chi connectivity index (χ3n) is 8.28. The van der Waals surface area contributed by atoms with E-state index in [4.69, 9.17) is 19.2 Å². The Morgan fingerprint density at radius 3 is 2.16 bits per heavy atom. The molecule has 2 aromatic carbocycles. The van der Waals surface area contributed by atoms with E-state index < -0.39 is 66.5 Å². The average molecular weight is 725 g/mol. The maximum absolute atomic E-state index is 13.6. The third-order valence-corrected chi connectivity index (χ3v) is 11.6. The molecule has 270 valence electrons. The molecule has 10 nitrogen and oxygen atoms in total. The molecule has 0 saturated heterocycles. The fourth-order valence-electron chi connectivity index (χ4n) is 5.38. The predicted octanol–water partition coefficient (Wildman–Crippen LogP) is 6.78. The van der Waals surface area contributed by atoms with Crippen LogP contribution in [0.15, 0.2) is 42.5 Å². The van der Waals surface area contributed by atoms with Gasteiger partial charge in [0.2, 0.25) is 0 Å². The molecule has 49 heavy (non-hydrogen) atoms. The number of methoxy groups -OCH3 is 1. The van der Waals surface area contributed by atoms with Gasteiger partial charge in [-0.05, 0) is 70.5 Å². The van der Waals surface area contributed by atoms with E-state index in [1.165, 1.54) is 18.9 Å². The highest BCUT2D eigenvalue weighted by Gasteiger charge is 2.43. The molecule has 1 aromatic heterocycles. The van der Waals surface area contributed by atoms with Crippen molar-refractivity contribution in [2.24, 2.45) is 0 Å². The van der Waals surface area contributed by atoms with Crippen LogP contribution >= 0.6 is 0 Å². The fourth-order valence-corrected chi connectivity index (χ4v) is 7.01. The van der Waals surface area contributed by atoms with Crippen LogP contribution in [0, 0.1) is 0 Å². The zero-order valence-corrected chi connectivity index (χ0v) is 31.3. The fraction of sp³-hybridized carbons (Fsp3) is 0.559. The molecule has 0 spiro atoms. The van der Waals surface area contributed by atoms with Gasteiger partial charge < -0.3 is 23.3 Å². The van der Waals surface area contributed by atoms with E-state index in [1.807, 2.05) is 0 Å². The molecule has 4 rings (SSSR count). The van der Waals surface area contributed by atoms with Crippen molar-refractivity contribution >= 4 is 42.3 Å². The minimum atomic E-state index is -4.61. The first-order valence-corrected chi connectivity index (χ1v) is 21.0. The summed E-state index contributed by atoms with van der Waals surface area (Å²) in [6, 6.07) is 10.9. The molecule has 1 N–H and O–H groups in total. The van der Waals surface area contributed by atoms with Gasteiger partial charge in [0.25, 0.3) is 11.8 Å². The number of carbonyl (C=O) groups is 2.